The van der Waals surface area contributed by atoms with E-state index in [0.717, 1.165) is 11.6 Å². The molecule has 0 aliphatic heterocycles. The van der Waals surface area contributed by atoms with Crippen LogP contribution < -0.4 is 9.47 Å². The highest BCUT2D eigenvalue weighted by Gasteiger charge is 2.00. The molecule has 0 atom stereocenters. The maximum atomic E-state index is 10.2. The van der Waals surface area contributed by atoms with Crippen molar-refractivity contribution < 1.29 is 29.6 Å². The van der Waals surface area contributed by atoms with Gasteiger partial charge in [-0.3, -0.25) is 0 Å². The topological polar surface area (TPSA) is 96.2 Å². The van der Waals surface area contributed by atoms with E-state index in [4.69, 9.17) is 14.6 Å². The van der Waals surface area contributed by atoms with Crippen LogP contribution in [0.15, 0.2) is 49.1 Å². The van der Waals surface area contributed by atoms with Gasteiger partial charge in [-0.25, -0.2) is 4.79 Å². The Morgan fingerprint density at radius 3 is 2.12 bits per heavy atom. The molecule has 2 aromatic carbocycles. The predicted octanol–water partition coefficient (Wildman–Crippen LogP) is 3.54. The quantitative estimate of drug-likeness (QED) is 0.718. The van der Waals surface area contributed by atoms with Crippen molar-refractivity contribution in [2.75, 3.05) is 14.2 Å². The molecule has 0 aromatic heterocycles. The third-order valence-corrected chi connectivity index (χ3v) is 3.06. The monoisotopic (exact) mass is 344 g/mol. The minimum atomic E-state index is -1.02. The lowest BCUT2D eigenvalue weighted by atomic mass is 10.2. The normalized spacial score (nSPS) is 9.84. The van der Waals surface area contributed by atoms with Crippen molar-refractivity contribution in [1.82, 2.24) is 0 Å². The van der Waals surface area contributed by atoms with E-state index in [9.17, 15) is 15.0 Å². The van der Waals surface area contributed by atoms with Gasteiger partial charge in [0.05, 0.1) is 14.2 Å². The van der Waals surface area contributed by atoms with Crippen LogP contribution in [0.5, 0.6) is 23.0 Å². The standard InChI is InChI=1S/C10H10O4.C9H10O2/c1-14-9-6-7(2-4-8(9)11)3-5-10(12)13;1-3-7-4-5-9(11-2)8(10)6-7/h2-6,11H,1H3,(H,12,13);3-6,10H,1H2,2H3/b5-3+;. The summed E-state index contributed by atoms with van der Waals surface area (Å²) >= 11 is 0. The zero-order chi connectivity index (χ0) is 18.8. The van der Waals surface area contributed by atoms with Crippen molar-refractivity contribution in [1.29, 1.82) is 0 Å². The Bertz CT molecular complexity index is 765. The molecular formula is C19H20O6. The first-order valence-electron chi connectivity index (χ1n) is 7.18. The minimum Gasteiger partial charge on any atom is -0.504 e. The molecule has 0 amide bonds. The molecule has 0 spiro atoms. The van der Waals surface area contributed by atoms with Crippen LogP contribution in [-0.4, -0.2) is 35.5 Å². The first-order chi connectivity index (χ1) is 11.9. The molecule has 0 radical (unpaired) electrons. The van der Waals surface area contributed by atoms with E-state index in [1.807, 2.05) is 6.07 Å². The molecule has 0 heterocycles. The van der Waals surface area contributed by atoms with E-state index in [2.05, 4.69) is 6.58 Å². The van der Waals surface area contributed by atoms with Crippen LogP contribution >= 0.6 is 0 Å². The second-order valence-electron chi connectivity index (χ2n) is 4.74. The van der Waals surface area contributed by atoms with E-state index >= 15 is 0 Å². The Labute approximate surface area is 145 Å². The van der Waals surface area contributed by atoms with Crippen LogP contribution in [0, 0.1) is 0 Å². The number of ether oxygens (including phenoxy) is 2. The van der Waals surface area contributed by atoms with E-state index in [1.165, 1.54) is 26.4 Å². The van der Waals surface area contributed by atoms with Crippen molar-refractivity contribution in [2.24, 2.45) is 0 Å². The van der Waals surface area contributed by atoms with E-state index < -0.39 is 5.97 Å². The number of benzene rings is 2. The maximum absolute atomic E-state index is 10.2. The number of aliphatic carboxylic acids is 1. The highest BCUT2D eigenvalue weighted by atomic mass is 16.5. The van der Waals surface area contributed by atoms with Gasteiger partial charge in [-0.2, -0.15) is 0 Å². The average Bonchev–Trinajstić information content (AvgIpc) is 2.61. The smallest absolute Gasteiger partial charge is 0.328 e. The molecule has 6 heteroatoms. The molecule has 3 N–H and O–H groups in total. The third-order valence-electron chi connectivity index (χ3n) is 3.06. The average molecular weight is 344 g/mol. The Morgan fingerprint density at radius 1 is 0.960 bits per heavy atom. The van der Waals surface area contributed by atoms with Gasteiger partial charge < -0.3 is 24.8 Å². The molecule has 0 unspecified atom stereocenters. The molecule has 2 aromatic rings. The van der Waals surface area contributed by atoms with Gasteiger partial charge in [0.1, 0.15) is 0 Å². The van der Waals surface area contributed by atoms with Crippen LogP contribution in [0.4, 0.5) is 0 Å². The molecule has 0 bridgehead atoms. The lowest BCUT2D eigenvalue weighted by molar-refractivity contribution is -0.131. The number of hydrogen-bond donors (Lipinski definition) is 3. The largest absolute Gasteiger partial charge is 0.504 e. The fraction of sp³-hybridized carbons (Fsp3) is 0.105. The highest BCUT2D eigenvalue weighted by molar-refractivity contribution is 5.85. The minimum absolute atomic E-state index is 0.0278. The lowest BCUT2D eigenvalue weighted by Gasteiger charge is -2.03. The van der Waals surface area contributed by atoms with Crippen LogP contribution in [-0.2, 0) is 4.79 Å². The van der Waals surface area contributed by atoms with Crippen LogP contribution in [0.1, 0.15) is 11.1 Å². The van der Waals surface area contributed by atoms with Crippen LogP contribution in [0.25, 0.3) is 12.2 Å². The Morgan fingerprint density at radius 2 is 1.60 bits per heavy atom. The summed E-state index contributed by atoms with van der Waals surface area (Å²) in [6.07, 6.45) is 4.11. The zero-order valence-electron chi connectivity index (χ0n) is 14.0. The summed E-state index contributed by atoms with van der Waals surface area (Å²) in [7, 11) is 2.95. The zero-order valence-corrected chi connectivity index (χ0v) is 14.0. The number of phenolic OH excluding ortho intramolecular Hbond substituents is 2. The maximum Gasteiger partial charge on any atom is 0.328 e. The molecule has 0 saturated heterocycles. The predicted molar refractivity (Wildman–Crippen MR) is 96.1 cm³/mol. The molecule has 0 saturated carbocycles. The molecular weight excluding hydrogens is 324 g/mol. The number of aromatic hydroxyl groups is 2. The molecule has 25 heavy (non-hydrogen) atoms. The van der Waals surface area contributed by atoms with Gasteiger partial charge in [-0.15, -0.1) is 0 Å². The van der Waals surface area contributed by atoms with Gasteiger partial charge in [0.25, 0.3) is 0 Å². The third kappa shape index (κ3) is 6.31. The van der Waals surface area contributed by atoms with E-state index in [1.54, 1.807) is 30.3 Å². The van der Waals surface area contributed by atoms with Crippen molar-refractivity contribution in [3.05, 3.63) is 60.2 Å². The van der Waals surface area contributed by atoms with Gasteiger partial charge in [-0.05, 0) is 41.5 Å². The van der Waals surface area contributed by atoms with Crippen LogP contribution in [0.3, 0.4) is 0 Å². The number of rotatable bonds is 5. The number of methoxy groups -OCH3 is 2. The van der Waals surface area contributed by atoms with E-state index in [-0.39, 0.29) is 11.5 Å². The Hall–Kier alpha value is -3.41. The summed E-state index contributed by atoms with van der Waals surface area (Å²) in [6.45, 7) is 3.58. The van der Waals surface area contributed by atoms with Gasteiger partial charge >= 0.3 is 5.97 Å². The molecule has 2 rings (SSSR count). The number of carbonyl (C=O) groups is 1. The summed E-state index contributed by atoms with van der Waals surface area (Å²) in [5, 5.41) is 26.9. The van der Waals surface area contributed by atoms with Gasteiger partial charge in [0.15, 0.2) is 23.0 Å². The number of carboxylic acid groups (broad SMARTS) is 1. The summed E-state index contributed by atoms with van der Waals surface area (Å²) in [5.74, 6) is -0.0462. The van der Waals surface area contributed by atoms with Crippen molar-refractivity contribution in [3.8, 4) is 23.0 Å². The molecule has 6 nitrogen and oxygen atoms in total. The fourth-order valence-corrected chi connectivity index (χ4v) is 1.80. The lowest BCUT2D eigenvalue weighted by Crippen LogP contribution is -1.87. The summed E-state index contributed by atoms with van der Waals surface area (Å²) < 4.78 is 9.72. The second kappa shape index (κ2) is 9.67. The summed E-state index contributed by atoms with van der Waals surface area (Å²) in [6, 6.07) is 9.72. The molecule has 0 fully saturated rings. The highest BCUT2D eigenvalue weighted by Crippen LogP contribution is 2.27. The van der Waals surface area contributed by atoms with Crippen molar-refractivity contribution >= 4 is 18.1 Å². The van der Waals surface area contributed by atoms with Gasteiger partial charge in [-0.1, -0.05) is 24.8 Å². The molecule has 0 aliphatic carbocycles. The first-order valence-corrected chi connectivity index (χ1v) is 7.18. The number of carboxylic acids is 1. The van der Waals surface area contributed by atoms with E-state index in [0.29, 0.717) is 17.1 Å². The fourth-order valence-electron chi connectivity index (χ4n) is 1.80. The second-order valence-corrected chi connectivity index (χ2v) is 4.74. The number of phenols is 2. The first kappa shape index (κ1) is 19.6. The van der Waals surface area contributed by atoms with Crippen molar-refractivity contribution in [2.45, 2.75) is 0 Å². The van der Waals surface area contributed by atoms with Crippen LogP contribution in [0.2, 0.25) is 0 Å². The Balaban J connectivity index is 0.000000257. The van der Waals surface area contributed by atoms with Crippen molar-refractivity contribution in [3.63, 3.8) is 0 Å². The summed E-state index contributed by atoms with van der Waals surface area (Å²) in [4.78, 5) is 10.2. The van der Waals surface area contributed by atoms with Gasteiger partial charge in [0.2, 0.25) is 0 Å². The summed E-state index contributed by atoms with van der Waals surface area (Å²) in [5.41, 5.74) is 1.53. The van der Waals surface area contributed by atoms with Gasteiger partial charge in [0, 0.05) is 6.08 Å². The number of hydrogen-bond acceptors (Lipinski definition) is 5. The molecule has 0 aliphatic rings. The SMILES string of the molecule is C=Cc1ccc(OC)c(O)c1.COc1cc(/C=C/C(=O)O)ccc1O. The Kier molecular flexibility index (Phi) is 7.59. The molecule has 132 valence electrons.